The molecule has 1 atom stereocenters. The van der Waals surface area contributed by atoms with Crippen molar-refractivity contribution in [1.82, 2.24) is 14.7 Å². The molecule has 3 aromatic carbocycles. The minimum atomic E-state index is -0.645. The molecule has 1 aromatic heterocycles. The van der Waals surface area contributed by atoms with E-state index in [1.54, 1.807) is 40.0 Å². The molecule has 4 aromatic rings. The molecule has 35 heavy (non-hydrogen) atoms. The van der Waals surface area contributed by atoms with Crippen LogP contribution in [0.1, 0.15) is 17.4 Å². The largest absolute Gasteiger partial charge is 0.388 e. The highest BCUT2D eigenvalue weighted by Gasteiger charge is 2.36. The first-order valence-corrected chi connectivity index (χ1v) is 11.3. The summed E-state index contributed by atoms with van der Waals surface area (Å²) in [4.78, 5) is 14.5. The zero-order chi connectivity index (χ0) is 24.4. The minimum Gasteiger partial charge on any atom is -0.388 e. The molecule has 0 radical (unpaired) electrons. The van der Waals surface area contributed by atoms with Gasteiger partial charge in [0.1, 0.15) is 23.9 Å². The summed E-state index contributed by atoms with van der Waals surface area (Å²) >= 11 is 0. The fourth-order valence-electron chi connectivity index (χ4n) is 4.17. The van der Waals surface area contributed by atoms with Crippen LogP contribution in [0.25, 0.3) is 16.9 Å². The summed E-state index contributed by atoms with van der Waals surface area (Å²) in [6.07, 6.45) is 1.80. The normalized spacial score (nSPS) is 15.6. The van der Waals surface area contributed by atoms with Crippen LogP contribution in [-0.2, 0) is 16.0 Å². The number of nitrogens with one attached hydrogen (secondary N) is 1. The highest BCUT2D eigenvalue weighted by molar-refractivity contribution is 5.80. The number of rotatable bonds is 7. The number of halogens is 2. The Kier molecular flexibility index (Phi) is 6.29. The number of amides is 1. The number of ether oxygens (including phenoxy) is 1. The minimum absolute atomic E-state index is 0.0338. The summed E-state index contributed by atoms with van der Waals surface area (Å²) in [5, 5.41) is 7.79. The molecule has 1 unspecified atom stereocenters. The first kappa shape index (κ1) is 22.7. The Hall–Kier alpha value is -4.04. The van der Waals surface area contributed by atoms with Gasteiger partial charge < -0.3 is 15.0 Å². The van der Waals surface area contributed by atoms with Crippen LogP contribution in [0, 0.1) is 11.6 Å². The van der Waals surface area contributed by atoms with Gasteiger partial charge in [-0.3, -0.25) is 4.79 Å². The van der Waals surface area contributed by atoms with Crippen LogP contribution in [0.4, 0.5) is 14.5 Å². The predicted molar refractivity (Wildman–Crippen MR) is 129 cm³/mol. The zero-order valence-corrected chi connectivity index (χ0v) is 19.1. The van der Waals surface area contributed by atoms with Crippen molar-refractivity contribution in [2.75, 3.05) is 25.5 Å². The van der Waals surface area contributed by atoms with E-state index in [4.69, 9.17) is 9.84 Å². The van der Waals surface area contributed by atoms with E-state index in [9.17, 15) is 13.6 Å². The number of benzene rings is 3. The molecular formula is C27H24F2N4O2. The molecule has 2 heterocycles. The molecule has 1 amide bonds. The number of aromatic nitrogens is 2. The molecule has 1 N–H and O–H groups in total. The first-order chi connectivity index (χ1) is 17.0. The third kappa shape index (κ3) is 4.79. The lowest BCUT2D eigenvalue weighted by atomic mass is 10.1. The fourth-order valence-corrected chi connectivity index (χ4v) is 4.17. The van der Waals surface area contributed by atoms with Crippen LogP contribution in [-0.4, -0.2) is 40.8 Å². The van der Waals surface area contributed by atoms with E-state index in [0.29, 0.717) is 35.5 Å². The number of hydrogen-bond acceptors (Lipinski definition) is 4. The maximum atomic E-state index is 13.6. The molecule has 6 nitrogen and oxygen atoms in total. The third-order valence-corrected chi connectivity index (χ3v) is 6.07. The van der Waals surface area contributed by atoms with Crippen molar-refractivity contribution >= 4 is 11.6 Å². The van der Waals surface area contributed by atoms with Crippen molar-refractivity contribution in [2.45, 2.75) is 12.6 Å². The van der Waals surface area contributed by atoms with E-state index < -0.39 is 6.23 Å². The van der Waals surface area contributed by atoms with Crippen molar-refractivity contribution in [3.05, 3.63) is 102 Å². The Morgan fingerprint density at radius 1 is 0.971 bits per heavy atom. The van der Waals surface area contributed by atoms with Crippen molar-refractivity contribution < 1.29 is 18.3 Å². The topological polar surface area (TPSA) is 59.4 Å². The van der Waals surface area contributed by atoms with Crippen LogP contribution >= 0.6 is 0 Å². The predicted octanol–water partition coefficient (Wildman–Crippen LogP) is 4.96. The fraction of sp³-hybridized carbons (Fsp3) is 0.185. The van der Waals surface area contributed by atoms with Gasteiger partial charge in [-0.2, -0.15) is 5.10 Å². The summed E-state index contributed by atoms with van der Waals surface area (Å²) in [5.41, 5.74) is 4.71. The number of carbonyl (C=O) groups excluding carboxylic acids is 1. The standard InChI is InChI=1S/C27H24F2N4O2/c1-30-22-10-2-18(3-11-22)14-15-32-25(34)17-35-27(32)24-16-33(23-12-8-21(29)9-13-23)31-26(24)19-4-6-20(28)7-5-19/h2-13,16,27,30H,14-15,17H2,1H3. The van der Waals surface area contributed by atoms with Gasteiger partial charge in [-0.15, -0.1) is 0 Å². The summed E-state index contributed by atoms with van der Waals surface area (Å²) < 4.78 is 34.6. The Morgan fingerprint density at radius 2 is 1.63 bits per heavy atom. The Bertz CT molecular complexity index is 1320. The SMILES string of the molecule is CNc1ccc(CCN2C(=O)COC2c2cn(-c3ccc(F)cc3)nc2-c2ccc(F)cc2)cc1. The quantitative estimate of drug-likeness (QED) is 0.411. The maximum Gasteiger partial charge on any atom is 0.250 e. The monoisotopic (exact) mass is 474 g/mol. The van der Waals surface area contributed by atoms with Crippen molar-refractivity contribution in [3.63, 3.8) is 0 Å². The van der Waals surface area contributed by atoms with Gasteiger partial charge in [0.25, 0.3) is 5.91 Å². The van der Waals surface area contributed by atoms with E-state index in [1.807, 2.05) is 31.3 Å². The summed E-state index contributed by atoms with van der Waals surface area (Å²) in [6.45, 7) is 0.431. The van der Waals surface area contributed by atoms with Gasteiger partial charge in [-0.25, -0.2) is 13.5 Å². The van der Waals surface area contributed by atoms with Gasteiger partial charge in [-0.05, 0) is 72.6 Å². The molecule has 178 valence electrons. The zero-order valence-electron chi connectivity index (χ0n) is 19.1. The maximum absolute atomic E-state index is 13.6. The van der Waals surface area contributed by atoms with Crippen molar-refractivity contribution in [1.29, 1.82) is 0 Å². The second kappa shape index (κ2) is 9.68. The molecule has 0 bridgehead atoms. The number of carbonyl (C=O) groups is 1. The number of nitrogens with zero attached hydrogens (tertiary/aromatic N) is 3. The molecule has 1 aliphatic heterocycles. The summed E-state index contributed by atoms with van der Waals surface area (Å²) in [7, 11) is 1.87. The third-order valence-electron chi connectivity index (χ3n) is 6.07. The number of anilines is 1. The van der Waals surface area contributed by atoms with Crippen LogP contribution < -0.4 is 5.32 Å². The van der Waals surface area contributed by atoms with Gasteiger partial charge in [0.2, 0.25) is 0 Å². The smallest absolute Gasteiger partial charge is 0.250 e. The lowest BCUT2D eigenvalue weighted by molar-refractivity contribution is -0.128. The lowest BCUT2D eigenvalue weighted by Crippen LogP contribution is -2.30. The molecule has 0 aliphatic carbocycles. The van der Waals surface area contributed by atoms with Crippen molar-refractivity contribution in [3.8, 4) is 16.9 Å². The Balaban J connectivity index is 1.48. The molecule has 0 saturated carbocycles. The Morgan fingerprint density at radius 3 is 2.29 bits per heavy atom. The van der Waals surface area contributed by atoms with Gasteiger partial charge in [0, 0.05) is 36.6 Å². The molecule has 8 heteroatoms. The molecule has 1 aliphatic rings. The Labute approximate surface area is 201 Å². The molecular weight excluding hydrogens is 450 g/mol. The van der Waals surface area contributed by atoms with E-state index in [-0.39, 0.29) is 24.1 Å². The highest BCUT2D eigenvalue weighted by Crippen LogP contribution is 2.35. The van der Waals surface area contributed by atoms with E-state index >= 15 is 0 Å². The first-order valence-electron chi connectivity index (χ1n) is 11.3. The summed E-state index contributed by atoms with van der Waals surface area (Å²) in [5.74, 6) is -0.813. The van der Waals surface area contributed by atoms with Gasteiger partial charge in [-0.1, -0.05) is 12.1 Å². The molecule has 1 saturated heterocycles. The second-order valence-electron chi connectivity index (χ2n) is 8.31. The second-order valence-corrected chi connectivity index (χ2v) is 8.31. The van der Waals surface area contributed by atoms with E-state index in [2.05, 4.69) is 5.32 Å². The van der Waals surface area contributed by atoms with Gasteiger partial charge >= 0.3 is 0 Å². The molecule has 0 spiro atoms. The molecule has 1 fully saturated rings. The summed E-state index contributed by atoms with van der Waals surface area (Å²) in [6, 6.07) is 20.0. The average molecular weight is 475 g/mol. The van der Waals surface area contributed by atoms with Gasteiger partial charge in [0.15, 0.2) is 6.23 Å². The van der Waals surface area contributed by atoms with Crippen LogP contribution in [0.2, 0.25) is 0 Å². The molecule has 5 rings (SSSR count). The van der Waals surface area contributed by atoms with E-state index in [0.717, 1.165) is 11.3 Å². The average Bonchev–Trinajstić information content (AvgIpc) is 3.47. The number of hydrogen-bond donors (Lipinski definition) is 1. The van der Waals surface area contributed by atoms with Crippen LogP contribution in [0.3, 0.4) is 0 Å². The van der Waals surface area contributed by atoms with E-state index in [1.165, 1.54) is 24.3 Å². The lowest BCUT2D eigenvalue weighted by Gasteiger charge is -2.23. The van der Waals surface area contributed by atoms with Gasteiger partial charge in [0.05, 0.1) is 5.69 Å². The van der Waals surface area contributed by atoms with Crippen molar-refractivity contribution in [2.24, 2.45) is 0 Å². The highest BCUT2D eigenvalue weighted by atomic mass is 19.1. The van der Waals surface area contributed by atoms with Crippen LogP contribution in [0.15, 0.2) is 79.0 Å². The van der Waals surface area contributed by atoms with Crippen LogP contribution in [0.5, 0.6) is 0 Å².